The average molecular weight is 275 g/mol. The van der Waals surface area contributed by atoms with Crippen molar-refractivity contribution in [1.82, 2.24) is 9.84 Å². The Balaban J connectivity index is 2.22. The molecule has 0 spiro atoms. The monoisotopic (exact) mass is 275 g/mol. The number of morpholine rings is 1. The molecule has 8 heteroatoms. The normalized spacial score (nSPS) is 17.8. The molecular weight excluding hydrogens is 261 g/mol. The van der Waals surface area contributed by atoms with Crippen LogP contribution in [0.4, 0.5) is 10.1 Å². The maximum absolute atomic E-state index is 13.2. The summed E-state index contributed by atoms with van der Waals surface area (Å²) in [5, 5.41) is 1.50. The first kappa shape index (κ1) is 13.2. The Kier molecular flexibility index (Phi) is 3.81. The topological polar surface area (TPSA) is 84.7 Å². The van der Waals surface area contributed by atoms with Crippen LogP contribution in [0.5, 0.6) is 0 Å². The van der Waals surface area contributed by atoms with Crippen molar-refractivity contribution >= 4 is 15.7 Å². The van der Waals surface area contributed by atoms with Gasteiger partial charge in [0.05, 0.1) is 18.9 Å². The molecule has 1 fully saturated rings. The number of halogens is 1. The molecule has 0 unspecified atom stereocenters. The minimum Gasteiger partial charge on any atom is -0.395 e. The molecule has 18 heavy (non-hydrogen) atoms. The van der Waals surface area contributed by atoms with Crippen LogP contribution < -0.4 is 10.6 Å². The van der Waals surface area contributed by atoms with E-state index >= 15 is 0 Å². The summed E-state index contributed by atoms with van der Waals surface area (Å²) in [5.41, 5.74) is 5.06. The summed E-state index contributed by atoms with van der Waals surface area (Å²) in [6.07, 6.45) is 0. The molecule has 1 saturated heterocycles. The lowest BCUT2D eigenvalue weighted by Gasteiger charge is -2.26. The van der Waals surface area contributed by atoms with Gasteiger partial charge in [-0.05, 0) is 12.1 Å². The van der Waals surface area contributed by atoms with Crippen molar-refractivity contribution in [2.75, 3.05) is 32.0 Å². The molecule has 0 aromatic heterocycles. The van der Waals surface area contributed by atoms with Crippen LogP contribution in [0.3, 0.4) is 0 Å². The van der Waals surface area contributed by atoms with Gasteiger partial charge in [-0.1, -0.05) is 6.07 Å². The number of benzene rings is 1. The molecule has 1 aromatic carbocycles. The van der Waals surface area contributed by atoms with Gasteiger partial charge in [-0.25, -0.2) is 17.8 Å². The largest absolute Gasteiger partial charge is 0.395 e. The number of anilines is 1. The van der Waals surface area contributed by atoms with Gasteiger partial charge in [0, 0.05) is 13.1 Å². The number of para-hydroxylation sites is 1. The highest BCUT2D eigenvalue weighted by atomic mass is 32.2. The zero-order valence-corrected chi connectivity index (χ0v) is 10.4. The summed E-state index contributed by atoms with van der Waals surface area (Å²) in [6.45, 7) is 1.77. The highest BCUT2D eigenvalue weighted by Crippen LogP contribution is 2.21. The zero-order valence-electron chi connectivity index (χ0n) is 9.60. The molecule has 0 bridgehead atoms. The number of nitrogens with zero attached hydrogens (tertiary/aromatic N) is 1. The molecule has 0 saturated carbocycles. The first-order valence-electron chi connectivity index (χ1n) is 5.40. The molecule has 1 aliphatic heterocycles. The maximum Gasteiger partial charge on any atom is 0.255 e. The number of hydrogen-bond acceptors (Lipinski definition) is 5. The lowest BCUT2D eigenvalue weighted by Crippen LogP contribution is -2.48. The van der Waals surface area contributed by atoms with Gasteiger partial charge in [0.25, 0.3) is 10.0 Å². The summed E-state index contributed by atoms with van der Waals surface area (Å²) in [6, 6.07) is 3.68. The van der Waals surface area contributed by atoms with Crippen LogP contribution in [0.15, 0.2) is 23.1 Å². The molecular formula is C10H14FN3O3S. The van der Waals surface area contributed by atoms with Crippen molar-refractivity contribution in [1.29, 1.82) is 0 Å². The Morgan fingerprint density at radius 3 is 2.67 bits per heavy atom. The minimum absolute atomic E-state index is 0.256. The zero-order chi connectivity index (χ0) is 13.2. The molecule has 3 N–H and O–H groups in total. The minimum atomic E-state index is -3.86. The second-order valence-electron chi connectivity index (χ2n) is 3.85. The highest BCUT2D eigenvalue weighted by molar-refractivity contribution is 7.89. The molecule has 1 aromatic rings. The van der Waals surface area contributed by atoms with Crippen LogP contribution >= 0.6 is 0 Å². The number of hydrazine groups is 1. The van der Waals surface area contributed by atoms with Gasteiger partial charge in [-0.15, -0.1) is 4.83 Å². The Morgan fingerprint density at radius 1 is 1.33 bits per heavy atom. The summed E-state index contributed by atoms with van der Waals surface area (Å²) in [5.74, 6) is -0.750. The Bertz CT molecular complexity index is 529. The van der Waals surface area contributed by atoms with Crippen molar-refractivity contribution < 1.29 is 17.5 Å². The number of sulfonamides is 1. The number of rotatable bonds is 3. The van der Waals surface area contributed by atoms with E-state index in [1.165, 1.54) is 17.1 Å². The number of hydrogen-bond donors (Lipinski definition) is 2. The SMILES string of the molecule is Nc1c(F)cccc1S(=O)(=O)NN1CCOCC1. The molecule has 1 heterocycles. The van der Waals surface area contributed by atoms with E-state index in [1.54, 1.807) is 0 Å². The van der Waals surface area contributed by atoms with E-state index in [4.69, 9.17) is 10.5 Å². The van der Waals surface area contributed by atoms with Gasteiger partial charge >= 0.3 is 0 Å². The standard InChI is InChI=1S/C10H14FN3O3S/c11-8-2-1-3-9(10(8)12)18(15,16)13-14-4-6-17-7-5-14/h1-3,13H,4-7,12H2. The number of nitrogens with one attached hydrogen (secondary N) is 1. The van der Waals surface area contributed by atoms with Crippen LogP contribution in [-0.2, 0) is 14.8 Å². The van der Waals surface area contributed by atoms with E-state index in [9.17, 15) is 12.8 Å². The Morgan fingerprint density at radius 2 is 2.00 bits per heavy atom. The van der Waals surface area contributed by atoms with Crippen LogP contribution in [0, 0.1) is 5.82 Å². The van der Waals surface area contributed by atoms with E-state index < -0.39 is 15.8 Å². The van der Waals surface area contributed by atoms with Gasteiger partial charge < -0.3 is 10.5 Å². The van der Waals surface area contributed by atoms with Crippen LogP contribution in [0.25, 0.3) is 0 Å². The predicted octanol–water partition coefficient (Wildman–Crippen LogP) is -0.0666. The van der Waals surface area contributed by atoms with Crippen LogP contribution in [0.2, 0.25) is 0 Å². The van der Waals surface area contributed by atoms with E-state index in [0.29, 0.717) is 26.3 Å². The molecule has 2 rings (SSSR count). The molecule has 100 valence electrons. The van der Waals surface area contributed by atoms with Crippen molar-refractivity contribution in [3.05, 3.63) is 24.0 Å². The second kappa shape index (κ2) is 5.19. The summed E-state index contributed by atoms with van der Waals surface area (Å²) >= 11 is 0. The molecule has 0 amide bonds. The van der Waals surface area contributed by atoms with Crippen molar-refractivity contribution in [2.24, 2.45) is 0 Å². The number of ether oxygens (including phenoxy) is 1. The first-order chi connectivity index (χ1) is 8.50. The fourth-order valence-electron chi connectivity index (χ4n) is 1.63. The average Bonchev–Trinajstić information content (AvgIpc) is 2.33. The smallest absolute Gasteiger partial charge is 0.255 e. The Hall–Kier alpha value is -1.22. The molecule has 6 nitrogen and oxygen atoms in total. The van der Waals surface area contributed by atoms with Gasteiger partial charge in [0.15, 0.2) is 0 Å². The second-order valence-corrected chi connectivity index (χ2v) is 5.48. The van der Waals surface area contributed by atoms with E-state index in [2.05, 4.69) is 4.83 Å². The van der Waals surface area contributed by atoms with Gasteiger partial charge in [-0.2, -0.15) is 0 Å². The maximum atomic E-state index is 13.2. The first-order valence-corrected chi connectivity index (χ1v) is 6.88. The van der Waals surface area contributed by atoms with Crippen LogP contribution in [0.1, 0.15) is 0 Å². The van der Waals surface area contributed by atoms with Crippen molar-refractivity contribution in [3.8, 4) is 0 Å². The van der Waals surface area contributed by atoms with Gasteiger partial charge in [0.1, 0.15) is 10.7 Å². The van der Waals surface area contributed by atoms with Crippen molar-refractivity contribution in [3.63, 3.8) is 0 Å². The number of nitrogen functional groups attached to an aromatic ring is 1. The van der Waals surface area contributed by atoms with E-state index in [1.807, 2.05) is 0 Å². The third-order valence-electron chi connectivity index (χ3n) is 2.56. The summed E-state index contributed by atoms with van der Waals surface area (Å²) in [4.78, 5) is 2.10. The Labute approximate surface area is 105 Å². The third kappa shape index (κ3) is 2.78. The molecule has 1 aliphatic rings. The molecule has 0 aliphatic carbocycles. The lowest BCUT2D eigenvalue weighted by molar-refractivity contribution is 0.0272. The summed E-state index contributed by atoms with van der Waals surface area (Å²) in [7, 11) is -3.86. The number of nitrogens with two attached hydrogens (primary N) is 1. The van der Waals surface area contributed by atoms with E-state index in [-0.39, 0.29) is 10.6 Å². The van der Waals surface area contributed by atoms with E-state index in [0.717, 1.165) is 6.07 Å². The molecule has 0 atom stereocenters. The lowest BCUT2D eigenvalue weighted by atomic mass is 10.3. The highest BCUT2D eigenvalue weighted by Gasteiger charge is 2.23. The van der Waals surface area contributed by atoms with Crippen LogP contribution in [-0.4, -0.2) is 39.7 Å². The molecule has 0 radical (unpaired) electrons. The van der Waals surface area contributed by atoms with Gasteiger partial charge in [0.2, 0.25) is 0 Å². The fraction of sp³-hybridized carbons (Fsp3) is 0.400. The predicted molar refractivity (Wildman–Crippen MR) is 63.5 cm³/mol. The fourth-order valence-corrected chi connectivity index (χ4v) is 2.89. The quantitative estimate of drug-likeness (QED) is 0.755. The third-order valence-corrected chi connectivity index (χ3v) is 4.00. The van der Waals surface area contributed by atoms with Crippen molar-refractivity contribution in [2.45, 2.75) is 4.90 Å². The summed E-state index contributed by atoms with van der Waals surface area (Å²) < 4.78 is 42.4. The van der Waals surface area contributed by atoms with Gasteiger partial charge in [-0.3, -0.25) is 0 Å².